The first-order valence-corrected chi connectivity index (χ1v) is 8.76. The van der Waals surface area contributed by atoms with E-state index in [1.165, 1.54) is 0 Å². The van der Waals surface area contributed by atoms with Gasteiger partial charge in [-0.25, -0.2) is 9.67 Å². The first kappa shape index (κ1) is 19.5. The number of aryl methyl sites for hydroxylation is 1. The number of aromatic nitrogens is 2. The van der Waals surface area contributed by atoms with E-state index in [9.17, 15) is 4.79 Å². The highest BCUT2D eigenvalue weighted by atomic mass is 16.2. The number of rotatable bonds is 6. The fourth-order valence-electron chi connectivity index (χ4n) is 2.54. The van der Waals surface area contributed by atoms with Crippen LogP contribution >= 0.6 is 0 Å². The number of benzene rings is 1. The van der Waals surface area contributed by atoms with Crippen LogP contribution in [0.25, 0.3) is 5.69 Å². The lowest BCUT2D eigenvalue weighted by Crippen LogP contribution is -2.42. The SMILES string of the molecule is CCNC(=NCc1c(C)nn(-c2ccccc2)c1C)NCC(=O)N(C)C. The van der Waals surface area contributed by atoms with Gasteiger partial charge in [-0.15, -0.1) is 0 Å². The number of likely N-dealkylation sites (N-methyl/N-ethyl adjacent to an activating group) is 1. The first-order chi connectivity index (χ1) is 12.4. The molecule has 0 radical (unpaired) electrons. The van der Waals surface area contributed by atoms with E-state index in [2.05, 4.69) is 20.7 Å². The average molecular weight is 356 g/mol. The van der Waals surface area contributed by atoms with Gasteiger partial charge in [-0.1, -0.05) is 18.2 Å². The highest BCUT2D eigenvalue weighted by Gasteiger charge is 2.13. The lowest BCUT2D eigenvalue weighted by molar-refractivity contribution is -0.127. The van der Waals surface area contributed by atoms with Gasteiger partial charge in [0.1, 0.15) is 0 Å². The van der Waals surface area contributed by atoms with Crippen molar-refractivity contribution in [1.82, 2.24) is 25.3 Å². The van der Waals surface area contributed by atoms with Crippen LogP contribution in [0.2, 0.25) is 0 Å². The zero-order valence-electron chi connectivity index (χ0n) is 16.2. The molecule has 1 amide bonds. The van der Waals surface area contributed by atoms with Gasteiger partial charge in [-0.05, 0) is 32.9 Å². The van der Waals surface area contributed by atoms with Crippen LogP contribution in [-0.4, -0.2) is 53.7 Å². The minimum atomic E-state index is -0.000128. The van der Waals surface area contributed by atoms with E-state index < -0.39 is 0 Å². The summed E-state index contributed by atoms with van der Waals surface area (Å²) in [6.45, 7) is 7.47. The molecule has 7 nitrogen and oxygen atoms in total. The van der Waals surface area contributed by atoms with Crippen LogP contribution in [0, 0.1) is 13.8 Å². The molecule has 0 spiro atoms. The number of nitrogens with one attached hydrogen (secondary N) is 2. The van der Waals surface area contributed by atoms with Gasteiger partial charge in [0.25, 0.3) is 0 Å². The van der Waals surface area contributed by atoms with Crippen molar-refractivity contribution in [2.75, 3.05) is 27.2 Å². The molecule has 1 aromatic heterocycles. The van der Waals surface area contributed by atoms with Crippen LogP contribution in [0.15, 0.2) is 35.3 Å². The largest absolute Gasteiger partial charge is 0.357 e. The lowest BCUT2D eigenvalue weighted by Gasteiger charge is -2.14. The Morgan fingerprint density at radius 2 is 1.88 bits per heavy atom. The molecule has 7 heteroatoms. The third kappa shape index (κ3) is 4.84. The van der Waals surface area contributed by atoms with Crippen LogP contribution in [0.3, 0.4) is 0 Å². The summed E-state index contributed by atoms with van der Waals surface area (Å²) in [7, 11) is 3.47. The van der Waals surface area contributed by atoms with Crippen LogP contribution in [0.4, 0.5) is 0 Å². The van der Waals surface area contributed by atoms with Crippen LogP contribution in [-0.2, 0) is 11.3 Å². The quantitative estimate of drug-likeness (QED) is 0.609. The third-order valence-corrected chi connectivity index (χ3v) is 4.09. The molecule has 1 heterocycles. The second-order valence-corrected chi connectivity index (χ2v) is 6.23. The number of para-hydroxylation sites is 1. The van der Waals surface area contributed by atoms with Crippen LogP contribution in [0.5, 0.6) is 0 Å². The number of carbonyl (C=O) groups is 1. The van der Waals surface area contributed by atoms with E-state index in [4.69, 9.17) is 0 Å². The molecule has 140 valence electrons. The van der Waals surface area contributed by atoms with Gasteiger partial charge in [-0.2, -0.15) is 5.10 Å². The minimum absolute atomic E-state index is 0.000128. The Labute approximate surface area is 155 Å². The molecule has 0 atom stereocenters. The van der Waals surface area contributed by atoms with Crippen molar-refractivity contribution in [1.29, 1.82) is 0 Å². The second kappa shape index (κ2) is 9.03. The molecule has 2 aromatic rings. The molecule has 0 unspecified atom stereocenters. The highest BCUT2D eigenvalue weighted by Crippen LogP contribution is 2.18. The van der Waals surface area contributed by atoms with E-state index >= 15 is 0 Å². The maximum atomic E-state index is 11.8. The summed E-state index contributed by atoms with van der Waals surface area (Å²) in [6.07, 6.45) is 0. The normalized spacial score (nSPS) is 11.3. The molecule has 2 rings (SSSR count). The summed E-state index contributed by atoms with van der Waals surface area (Å²) in [5.41, 5.74) is 4.14. The van der Waals surface area contributed by atoms with Crippen molar-refractivity contribution in [3.8, 4) is 5.69 Å². The first-order valence-electron chi connectivity index (χ1n) is 8.76. The van der Waals surface area contributed by atoms with Crippen LogP contribution in [0.1, 0.15) is 23.9 Å². The predicted molar refractivity (Wildman–Crippen MR) is 105 cm³/mol. The van der Waals surface area contributed by atoms with Gasteiger partial charge >= 0.3 is 0 Å². The van der Waals surface area contributed by atoms with Gasteiger partial charge in [0.2, 0.25) is 5.91 Å². The molecule has 0 fully saturated rings. The van der Waals surface area contributed by atoms with Gasteiger partial charge in [0.15, 0.2) is 5.96 Å². The Bertz CT molecular complexity index is 764. The summed E-state index contributed by atoms with van der Waals surface area (Å²) in [6, 6.07) is 10.1. The Kier molecular flexibility index (Phi) is 6.77. The molecule has 0 saturated carbocycles. The topological polar surface area (TPSA) is 74.5 Å². The summed E-state index contributed by atoms with van der Waals surface area (Å²) in [4.78, 5) is 17.9. The summed E-state index contributed by atoms with van der Waals surface area (Å²) < 4.78 is 1.94. The van der Waals surface area contributed by atoms with Crippen molar-refractivity contribution in [3.05, 3.63) is 47.3 Å². The summed E-state index contributed by atoms with van der Waals surface area (Å²) >= 11 is 0. The standard InChI is InChI=1S/C19H28N6O/c1-6-20-19(22-13-18(26)24(4)5)21-12-17-14(2)23-25(15(17)3)16-10-8-7-9-11-16/h7-11H,6,12-13H2,1-5H3,(H2,20,21,22). The highest BCUT2D eigenvalue weighted by molar-refractivity contribution is 5.86. The molecule has 0 bridgehead atoms. The van der Waals surface area contributed by atoms with Gasteiger partial charge in [-0.3, -0.25) is 4.79 Å². The average Bonchev–Trinajstić information content (AvgIpc) is 2.92. The summed E-state index contributed by atoms with van der Waals surface area (Å²) in [5.74, 6) is 0.619. The molecular formula is C19H28N6O. The fourth-order valence-corrected chi connectivity index (χ4v) is 2.54. The summed E-state index contributed by atoms with van der Waals surface area (Å²) in [5, 5.41) is 10.9. The van der Waals surface area contributed by atoms with Crippen molar-refractivity contribution in [3.63, 3.8) is 0 Å². The Balaban J connectivity index is 2.16. The van der Waals surface area contributed by atoms with Crippen LogP contribution < -0.4 is 10.6 Å². The Morgan fingerprint density at radius 1 is 1.19 bits per heavy atom. The number of amides is 1. The van der Waals surface area contributed by atoms with Gasteiger partial charge in [0, 0.05) is 31.9 Å². The molecule has 0 aliphatic heterocycles. The van der Waals surface area contributed by atoms with E-state index in [0.29, 0.717) is 12.5 Å². The number of hydrogen-bond acceptors (Lipinski definition) is 3. The number of carbonyl (C=O) groups excluding carboxylic acids is 1. The van der Waals surface area contributed by atoms with E-state index in [1.807, 2.05) is 55.8 Å². The number of guanidine groups is 1. The number of aliphatic imine (C=N–C) groups is 1. The number of nitrogens with zero attached hydrogens (tertiary/aromatic N) is 4. The fraction of sp³-hybridized carbons (Fsp3) is 0.421. The van der Waals surface area contributed by atoms with Gasteiger partial charge in [0.05, 0.1) is 24.5 Å². The lowest BCUT2D eigenvalue weighted by atomic mass is 10.2. The zero-order chi connectivity index (χ0) is 19.1. The smallest absolute Gasteiger partial charge is 0.241 e. The Hall–Kier alpha value is -2.83. The van der Waals surface area contributed by atoms with E-state index in [1.54, 1.807) is 19.0 Å². The molecule has 26 heavy (non-hydrogen) atoms. The number of hydrogen-bond donors (Lipinski definition) is 2. The van der Waals surface area contributed by atoms with Crippen molar-refractivity contribution >= 4 is 11.9 Å². The molecule has 0 aliphatic carbocycles. The minimum Gasteiger partial charge on any atom is -0.357 e. The molecule has 0 aliphatic rings. The predicted octanol–water partition coefficient (Wildman–Crippen LogP) is 1.63. The van der Waals surface area contributed by atoms with Crippen molar-refractivity contribution in [2.45, 2.75) is 27.3 Å². The Morgan fingerprint density at radius 3 is 2.50 bits per heavy atom. The van der Waals surface area contributed by atoms with Crippen molar-refractivity contribution < 1.29 is 4.79 Å². The monoisotopic (exact) mass is 356 g/mol. The molecule has 0 saturated heterocycles. The molecule has 1 aromatic carbocycles. The van der Waals surface area contributed by atoms with Gasteiger partial charge < -0.3 is 15.5 Å². The van der Waals surface area contributed by atoms with E-state index in [-0.39, 0.29) is 12.5 Å². The molecular weight excluding hydrogens is 328 g/mol. The zero-order valence-corrected chi connectivity index (χ0v) is 16.2. The third-order valence-electron chi connectivity index (χ3n) is 4.09. The molecule has 2 N–H and O–H groups in total. The van der Waals surface area contributed by atoms with E-state index in [0.717, 1.165) is 29.2 Å². The maximum absolute atomic E-state index is 11.8. The van der Waals surface area contributed by atoms with Crippen molar-refractivity contribution in [2.24, 2.45) is 4.99 Å². The second-order valence-electron chi connectivity index (χ2n) is 6.23. The maximum Gasteiger partial charge on any atom is 0.241 e.